The summed E-state index contributed by atoms with van der Waals surface area (Å²) >= 11 is 0. The molecule has 0 aromatic heterocycles. The lowest BCUT2D eigenvalue weighted by atomic mass is 9.98. The molecule has 284 valence electrons. The minimum Gasteiger partial charge on any atom is -0.504 e. The predicted octanol–water partition coefficient (Wildman–Crippen LogP) is -0.868. The molecule has 18 nitrogen and oxygen atoms in total. The Balaban J connectivity index is 1.52. The lowest BCUT2D eigenvalue weighted by molar-refractivity contribution is -0.383. The highest BCUT2D eigenvalue weighted by Crippen LogP contribution is 2.39. The van der Waals surface area contributed by atoms with Gasteiger partial charge in [0.15, 0.2) is 41.5 Å². The van der Waals surface area contributed by atoms with E-state index in [1.165, 1.54) is 62.8 Å². The zero-order valence-electron chi connectivity index (χ0n) is 28.1. The molecule has 18 heteroatoms. The first-order chi connectivity index (χ1) is 24.7. The van der Waals surface area contributed by atoms with E-state index in [0.717, 1.165) is 19.1 Å². The Hall–Kier alpha value is -4.79. The quantitative estimate of drug-likeness (QED) is 0.0706. The fourth-order valence-electron chi connectivity index (χ4n) is 5.37. The maximum Gasteiger partial charge on any atom is 0.331 e. The summed E-state index contributed by atoms with van der Waals surface area (Å²) < 4.78 is 43.2. The summed E-state index contributed by atoms with van der Waals surface area (Å²) in [4.78, 5) is 37.5. The van der Waals surface area contributed by atoms with Crippen molar-refractivity contribution in [3.8, 4) is 23.0 Å². The molecule has 0 spiro atoms. The third-order valence-corrected chi connectivity index (χ3v) is 8.00. The molecule has 2 aliphatic rings. The number of carbonyl (C=O) groups is 3. The first-order valence-electron chi connectivity index (χ1n) is 15.7. The number of aliphatic hydroxyl groups excluding tert-OH is 5. The lowest BCUT2D eigenvalue weighted by Gasteiger charge is -2.43. The molecule has 2 aliphatic heterocycles. The van der Waals surface area contributed by atoms with Crippen molar-refractivity contribution in [3.05, 3.63) is 59.7 Å². The third kappa shape index (κ3) is 9.35. The van der Waals surface area contributed by atoms with Gasteiger partial charge in [0.05, 0.1) is 20.8 Å². The number of hydrogen-bond acceptors (Lipinski definition) is 18. The SMILES string of the molecule is COc1cc(C=CC(=O)OC[C@@H]2O[C@H](O[C@]3(CO)O[C@H](CO)[C@@H](OC(C)=O)[C@@H]3OC(=O)C=Cc3ccc(O)c(OC)c3)[C@H](O)[C@@H](O)[C@@H]2O)ccc1O. The van der Waals surface area contributed by atoms with Crippen LogP contribution in [0.4, 0.5) is 0 Å². The second-order valence-electron chi connectivity index (χ2n) is 11.5. The van der Waals surface area contributed by atoms with E-state index in [0.29, 0.717) is 11.1 Å². The van der Waals surface area contributed by atoms with E-state index in [1.54, 1.807) is 0 Å². The highest BCUT2D eigenvalue weighted by molar-refractivity contribution is 5.88. The third-order valence-electron chi connectivity index (χ3n) is 8.00. The largest absolute Gasteiger partial charge is 0.504 e. The summed E-state index contributed by atoms with van der Waals surface area (Å²) in [5.74, 6) is -5.38. The number of esters is 3. The molecule has 4 rings (SSSR count). The fraction of sp³-hybridized carbons (Fsp3) is 0.441. The molecule has 0 radical (unpaired) electrons. The van der Waals surface area contributed by atoms with Gasteiger partial charge in [-0.15, -0.1) is 0 Å². The Bertz CT molecular complexity index is 1630. The van der Waals surface area contributed by atoms with Crippen LogP contribution >= 0.6 is 0 Å². The summed E-state index contributed by atoms with van der Waals surface area (Å²) in [5, 5.41) is 72.2. The molecular weight excluding hydrogens is 696 g/mol. The number of aliphatic hydroxyl groups is 5. The number of phenolic OH excluding ortho intramolecular Hbond substituents is 2. The zero-order chi connectivity index (χ0) is 38.2. The van der Waals surface area contributed by atoms with Gasteiger partial charge in [-0.3, -0.25) is 4.79 Å². The summed E-state index contributed by atoms with van der Waals surface area (Å²) in [6.45, 7) is -1.64. The molecule has 2 saturated heterocycles. The second-order valence-corrected chi connectivity index (χ2v) is 11.5. The minimum atomic E-state index is -2.51. The van der Waals surface area contributed by atoms with E-state index in [4.69, 9.17) is 37.9 Å². The topological polar surface area (TPSA) is 267 Å². The number of benzene rings is 2. The van der Waals surface area contributed by atoms with Crippen LogP contribution in [-0.4, -0.2) is 142 Å². The number of methoxy groups -OCH3 is 2. The van der Waals surface area contributed by atoms with Crippen molar-refractivity contribution in [2.45, 2.75) is 61.7 Å². The Labute approximate surface area is 296 Å². The molecule has 0 saturated carbocycles. The highest BCUT2D eigenvalue weighted by Gasteiger charge is 2.62. The molecule has 0 aliphatic carbocycles. The van der Waals surface area contributed by atoms with Gasteiger partial charge in [0.25, 0.3) is 0 Å². The van der Waals surface area contributed by atoms with Gasteiger partial charge in [0.1, 0.15) is 43.7 Å². The van der Waals surface area contributed by atoms with Crippen LogP contribution in [0.15, 0.2) is 48.6 Å². The summed E-state index contributed by atoms with van der Waals surface area (Å²) in [6.07, 6.45) is -9.54. The Morgan fingerprint density at radius 2 is 1.38 bits per heavy atom. The molecule has 0 unspecified atom stereocenters. The number of phenols is 2. The van der Waals surface area contributed by atoms with E-state index in [9.17, 15) is 50.1 Å². The lowest BCUT2D eigenvalue weighted by Crippen LogP contribution is -2.63. The Morgan fingerprint density at radius 3 is 1.90 bits per heavy atom. The molecule has 7 N–H and O–H groups in total. The predicted molar refractivity (Wildman–Crippen MR) is 173 cm³/mol. The van der Waals surface area contributed by atoms with Gasteiger partial charge in [-0.2, -0.15) is 0 Å². The molecule has 2 heterocycles. The van der Waals surface area contributed by atoms with Crippen molar-refractivity contribution in [2.75, 3.05) is 34.0 Å². The van der Waals surface area contributed by atoms with Crippen LogP contribution in [0.25, 0.3) is 12.2 Å². The first-order valence-corrected chi connectivity index (χ1v) is 15.7. The normalized spacial score (nSPS) is 28.8. The fourth-order valence-corrected chi connectivity index (χ4v) is 5.37. The Morgan fingerprint density at radius 1 is 0.808 bits per heavy atom. The monoisotopic (exact) mass is 736 g/mol. The molecule has 2 fully saturated rings. The maximum atomic E-state index is 13.1. The van der Waals surface area contributed by atoms with Crippen molar-refractivity contribution in [3.63, 3.8) is 0 Å². The van der Waals surface area contributed by atoms with E-state index in [2.05, 4.69) is 0 Å². The van der Waals surface area contributed by atoms with Gasteiger partial charge in [-0.1, -0.05) is 12.1 Å². The van der Waals surface area contributed by atoms with Crippen LogP contribution in [0, 0.1) is 0 Å². The number of hydrogen-bond donors (Lipinski definition) is 7. The minimum absolute atomic E-state index is 0.115. The first kappa shape index (κ1) is 40.0. The molecule has 2 aromatic carbocycles. The number of aromatic hydroxyl groups is 2. The summed E-state index contributed by atoms with van der Waals surface area (Å²) in [7, 11) is 2.68. The standard InChI is InChI=1S/C34H40O18/c1-17(37)48-31-24(14-35)51-34(16-36,32(31)50-27(41)11-7-19-5-9-21(39)23(13-19)46-3)52-33-30(44)29(43)28(42)25(49-33)15-47-26(40)10-6-18-4-8-20(38)22(12-18)45-2/h4-13,24-25,28-33,35-36,38-39,42-44H,14-16H2,1-3H3/t24-,25+,28-,29+,30-,31-,32+,33-,34+/m1/s1. The van der Waals surface area contributed by atoms with Crippen LogP contribution in [0.3, 0.4) is 0 Å². The molecule has 0 amide bonds. The Kier molecular flexibility index (Phi) is 13.6. The molecule has 52 heavy (non-hydrogen) atoms. The van der Waals surface area contributed by atoms with Gasteiger partial charge in [-0.25, -0.2) is 9.59 Å². The van der Waals surface area contributed by atoms with Gasteiger partial charge in [0, 0.05) is 19.1 Å². The van der Waals surface area contributed by atoms with Crippen LogP contribution in [0.1, 0.15) is 18.1 Å². The molecule has 9 atom stereocenters. The number of carbonyl (C=O) groups excluding carboxylic acids is 3. The highest BCUT2D eigenvalue weighted by atomic mass is 16.8. The average Bonchev–Trinajstić information content (AvgIpc) is 3.41. The van der Waals surface area contributed by atoms with Crippen molar-refractivity contribution in [2.24, 2.45) is 0 Å². The van der Waals surface area contributed by atoms with Crippen molar-refractivity contribution < 1.29 is 88.0 Å². The van der Waals surface area contributed by atoms with Gasteiger partial charge >= 0.3 is 17.9 Å². The summed E-state index contributed by atoms with van der Waals surface area (Å²) in [6, 6.07) is 8.51. The van der Waals surface area contributed by atoms with Gasteiger partial charge < -0.3 is 73.6 Å². The van der Waals surface area contributed by atoms with Crippen molar-refractivity contribution in [1.29, 1.82) is 0 Å². The number of rotatable bonds is 14. The molecular formula is C34H40O18. The van der Waals surface area contributed by atoms with E-state index >= 15 is 0 Å². The smallest absolute Gasteiger partial charge is 0.331 e. The van der Waals surface area contributed by atoms with Crippen LogP contribution in [0.2, 0.25) is 0 Å². The van der Waals surface area contributed by atoms with Crippen LogP contribution in [-0.2, 0) is 42.8 Å². The maximum absolute atomic E-state index is 13.1. The molecule has 0 bridgehead atoms. The van der Waals surface area contributed by atoms with Gasteiger partial charge in [0.2, 0.25) is 5.79 Å². The molecule has 2 aromatic rings. The second kappa shape index (κ2) is 17.6. The van der Waals surface area contributed by atoms with Crippen LogP contribution < -0.4 is 9.47 Å². The van der Waals surface area contributed by atoms with Crippen molar-refractivity contribution in [1.82, 2.24) is 0 Å². The average molecular weight is 737 g/mol. The zero-order valence-corrected chi connectivity index (χ0v) is 28.1. The number of ether oxygens (including phenoxy) is 8. The van der Waals surface area contributed by atoms with E-state index in [-0.39, 0.29) is 23.0 Å². The summed E-state index contributed by atoms with van der Waals surface area (Å²) in [5.41, 5.74) is 0.871. The van der Waals surface area contributed by atoms with Crippen molar-refractivity contribution >= 4 is 30.1 Å². The van der Waals surface area contributed by atoms with E-state index < -0.39 is 92.5 Å². The van der Waals surface area contributed by atoms with Crippen LogP contribution in [0.5, 0.6) is 23.0 Å². The van der Waals surface area contributed by atoms with Gasteiger partial charge in [-0.05, 0) is 47.5 Å². The van der Waals surface area contributed by atoms with E-state index in [1.807, 2.05) is 0 Å².